The summed E-state index contributed by atoms with van der Waals surface area (Å²) < 4.78 is 32.4. The summed E-state index contributed by atoms with van der Waals surface area (Å²) in [6.45, 7) is 1.61. The van der Waals surface area contributed by atoms with Crippen LogP contribution in [0.2, 0.25) is 0 Å². The Morgan fingerprint density at radius 1 is 0.769 bits per heavy atom. The summed E-state index contributed by atoms with van der Waals surface area (Å²) in [6, 6.07) is 20.9. The van der Waals surface area contributed by atoms with Crippen molar-refractivity contribution in [3.05, 3.63) is 101 Å². The number of nitrogens with one attached hydrogen (secondary N) is 1. The van der Waals surface area contributed by atoms with Crippen LogP contribution in [0.25, 0.3) is 0 Å². The van der Waals surface area contributed by atoms with Crippen molar-refractivity contribution >= 4 is 0 Å². The summed E-state index contributed by atoms with van der Waals surface area (Å²) >= 11 is 0. The quantitative estimate of drug-likeness (QED) is 0.583. The van der Waals surface area contributed by atoms with Crippen LogP contribution in [0.15, 0.2) is 72.8 Å². The van der Waals surface area contributed by atoms with Crippen molar-refractivity contribution in [1.29, 1.82) is 0 Å². The molecule has 0 heterocycles. The molecule has 0 saturated carbocycles. The maximum Gasteiger partial charge on any atom is 0.129 e. The van der Waals surface area contributed by atoms with E-state index in [0.717, 1.165) is 29.8 Å². The first kappa shape index (κ1) is 18.1. The topological polar surface area (TPSA) is 21.3 Å². The highest BCUT2D eigenvalue weighted by Gasteiger charge is 2.06. The molecule has 4 heteroatoms. The molecule has 0 spiro atoms. The Labute approximate surface area is 152 Å². The molecular formula is C22H21F2NO. The van der Waals surface area contributed by atoms with Gasteiger partial charge < -0.3 is 10.1 Å². The molecule has 0 atom stereocenters. The molecule has 0 radical (unpaired) electrons. The van der Waals surface area contributed by atoms with E-state index in [2.05, 4.69) is 5.32 Å². The van der Waals surface area contributed by atoms with Gasteiger partial charge in [0, 0.05) is 17.7 Å². The fourth-order valence-corrected chi connectivity index (χ4v) is 2.67. The van der Waals surface area contributed by atoms with Gasteiger partial charge in [-0.2, -0.15) is 0 Å². The van der Waals surface area contributed by atoms with Crippen LogP contribution in [-0.2, 0) is 19.6 Å². The third kappa shape index (κ3) is 5.14. The van der Waals surface area contributed by atoms with Gasteiger partial charge in [-0.25, -0.2) is 8.78 Å². The molecule has 1 N–H and O–H groups in total. The van der Waals surface area contributed by atoms with Crippen LogP contribution in [0, 0.1) is 11.6 Å². The molecule has 0 aliphatic carbocycles. The minimum absolute atomic E-state index is 0.194. The highest BCUT2D eigenvalue weighted by Crippen LogP contribution is 2.20. The Hall–Kier alpha value is -2.72. The standard InChI is InChI=1S/C22H21F2NO/c23-20-11-9-17(10-12-20)13-14-25-15-18-5-2-4-8-22(18)26-16-19-6-1-3-7-21(19)24/h1-12,25H,13-16H2. The van der Waals surface area contributed by atoms with Gasteiger partial charge in [-0.3, -0.25) is 0 Å². The number of para-hydroxylation sites is 1. The summed E-state index contributed by atoms with van der Waals surface area (Å²) in [5, 5.41) is 3.37. The van der Waals surface area contributed by atoms with Crippen LogP contribution < -0.4 is 10.1 Å². The van der Waals surface area contributed by atoms with E-state index in [1.54, 1.807) is 30.3 Å². The van der Waals surface area contributed by atoms with Crippen LogP contribution in [-0.4, -0.2) is 6.54 Å². The number of benzene rings is 3. The van der Waals surface area contributed by atoms with Gasteiger partial charge in [-0.05, 0) is 42.8 Å². The van der Waals surface area contributed by atoms with Gasteiger partial charge in [-0.15, -0.1) is 0 Å². The summed E-state index contributed by atoms with van der Waals surface area (Å²) in [6.07, 6.45) is 0.818. The Bertz CT molecular complexity index is 834. The zero-order valence-corrected chi connectivity index (χ0v) is 14.4. The van der Waals surface area contributed by atoms with Gasteiger partial charge in [0.05, 0.1) is 0 Å². The molecular weight excluding hydrogens is 332 g/mol. The Kier molecular flexibility index (Phi) is 6.34. The van der Waals surface area contributed by atoms with Crippen LogP contribution in [0.5, 0.6) is 5.75 Å². The van der Waals surface area contributed by atoms with Gasteiger partial charge >= 0.3 is 0 Å². The van der Waals surface area contributed by atoms with Crippen molar-refractivity contribution in [3.63, 3.8) is 0 Å². The Morgan fingerprint density at radius 3 is 2.23 bits per heavy atom. The molecule has 0 fully saturated rings. The highest BCUT2D eigenvalue weighted by atomic mass is 19.1. The molecule has 0 unspecified atom stereocenters. The smallest absolute Gasteiger partial charge is 0.129 e. The molecule has 0 aliphatic heterocycles. The molecule has 0 amide bonds. The lowest BCUT2D eigenvalue weighted by Crippen LogP contribution is -2.17. The third-order valence-electron chi connectivity index (χ3n) is 4.13. The van der Waals surface area contributed by atoms with E-state index in [1.165, 1.54) is 18.2 Å². The van der Waals surface area contributed by atoms with Crippen molar-refractivity contribution in [2.45, 2.75) is 19.6 Å². The van der Waals surface area contributed by atoms with Gasteiger partial charge in [0.25, 0.3) is 0 Å². The van der Waals surface area contributed by atoms with Gasteiger partial charge in [0.1, 0.15) is 24.0 Å². The normalized spacial score (nSPS) is 10.7. The van der Waals surface area contributed by atoms with E-state index >= 15 is 0 Å². The molecule has 3 rings (SSSR count). The van der Waals surface area contributed by atoms with E-state index in [9.17, 15) is 8.78 Å². The molecule has 2 nitrogen and oxygen atoms in total. The predicted octanol–water partition coefficient (Wildman–Crippen LogP) is 4.88. The summed E-state index contributed by atoms with van der Waals surface area (Å²) in [5.41, 5.74) is 2.64. The van der Waals surface area contributed by atoms with Crippen molar-refractivity contribution in [2.24, 2.45) is 0 Å². The first-order valence-electron chi connectivity index (χ1n) is 8.61. The third-order valence-corrected chi connectivity index (χ3v) is 4.13. The second kappa shape index (κ2) is 9.11. The molecule has 26 heavy (non-hydrogen) atoms. The first-order valence-corrected chi connectivity index (χ1v) is 8.61. The van der Waals surface area contributed by atoms with E-state index in [1.807, 2.05) is 24.3 Å². The molecule has 3 aromatic rings. The summed E-state index contributed by atoms with van der Waals surface area (Å²) in [7, 11) is 0. The molecule has 134 valence electrons. The Balaban J connectivity index is 1.52. The van der Waals surface area contributed by atoms with Crippen LogP contribution in [0.4, 0.5) is 8.78 Å². The SMILES string of the molecule is Fc1ccc(CCNCc2ccccc2OCc2ccccc2F)cc1. The summed E-state index contributed by atoms with van der Waals surface area (Å²) in [5.74, 6) is 0.259. The molecule has 0 aliphatic rings. The van der Waals surface area contributed by atoms with Crippen molar-refractivity contribution < 1.29 is 13.5 Å². The van der Waals surface area contributed by atoms with Crippen molar-refractivity contribution in [2.75, 3.05) is 6.54 Å². The van der Waals surface area contributed by atoms with Gasteiger partial charge in [-0.1, -0.05) is 48.5 Å². The zero-order valence-electron chi connectivity index (χ0n) is 14.4. The molecule has 3 aromatic carbocycles. The number of ether oxygens (including phenoxy) is 1. The van der Waals surface area contributed by atoms with Gasteiger partial charge in [0.2, 0.25) is 0 Å². The van der Waals surface area contributed by atoms with Crippen molar-refractivity contribution in [1.82, 2.24) is 5.32 Å². The molecule has 0 bridgehead atoms. The number of hydrogen-bond acceptors (Lipinski definition) is 2. The molecule has 0 saturated heterocycles. The lowest BCUT2D eigenvalue weighted by molar-refractivity contribution is 0.296. The minimum Gasteiger partial charge on any atom is -0.488 e. The van der Waals surface area contributed by atoms with Crippen LogP contribution in [0.1, 0.15) is 16.7 Å². The maximum absolute atomic E-state index is 13.7. The van der Waals surface area contributed by atoms with Crippen LogP contribution in [0.3, 0.4) is 0 Å². The average Bonchev–Trinajstić information content (AvgIpc) is 2.67. The minimum atomic E-state index is -0.262. The highest BCUT2D eigenvalue weighted by molar-refractivity contribution is 5.33. The second-order valence-corrected chi connectivity index (χ2v) is 6.04. The van der Waals surface area contributed by atoms with Gasteiger partial charge in [0.15, 0.2) is 0 Å². The first-order chi connectivity index (χ1) is 12.7. The van der Waals surface area contributed by atoms with Crippen LogP contribution >= 0.6 is 0 Å². The monoisotopic (exact) mass is 353 g/mol. The second-order valence-electron chi connectivity index (χ2n) is 6.04. The molecule has 0 aromatic heterocycles. The number of rotatable bonds is 8. The largest absolute Gasteiger partial charge is 0.488 e. The predicted molar refractivity (Wildman–Crippen MR) is 99.0 cm³/mol. The number of hydrogen-bond donors (Lipinski definition) is 1. The van der Waals surface area contributed by atoms with Crippen molar-refractivity contribution in [3.8, 4) is 5.75 Å². The fourth-order valence-electron chi connectivity index (χ4n) is 2.67. The fraction of sp³-hybridized carbons (Fsp3) is 0.182. The lowest BCUT2D eigenvalue weighted by Gasteiger charge is -2.13. The van der Waals surface area contributed by atoms with E-state index in [4.69, 9.17) is 4.74 Å². The summed E-state index contributed by atoms with van der Waals surface area (Å²) in [4.78, 5) is 0. The van der Waals surface area contributed by atoms with E-state index in [-0.39, 0.29) is 18.2 Å². The Morgan fingerprint density at radius 2 is 1.46 bits per heavy atom. The maximum atomic E-state index is 13.7. The zero-order chi connectivity index (χ0) is 18.2. The van der Waals surface area contributed by atoms with E-state index < -0.39 is 0 Å². The lowest BCUT2D eigenvalue weighted by atomic mass is 10.1. The number of halogens is 2. The van der Waals surface area contributed by atoms with E-state index in [0.29, 0.717) is 12.1 Å². The average molecular weight is 353 g/mol.